The van der Waals surface area contributed by atoms with Gasteiger partial charge in [-0.15, -0.1) is 0 Å². The van der Waals surface area contributed by atoms with Crippen LogP contribution in [-0.4, -0.2) is 13.1 Å². The van der Waals surface area contributed by atoms with E-state index < -0.39 is 0 Å². The first-order chi connectivity index (χ1) is 9.64. The van der Waals surface area contributed by atoms with Crippen molar-refractivity contribution in [1.82, 2.24) is 0 Å². The molecule has 0 aliphatic heterocycles. The molecule has 0 aromatic heterocycles. The molecule has 3 unspecified atom stereocenters. The number of hydrogen-bond donors (Lipinski definition) is 0. The van der Waals surface area contributed by atoms with Crippen LogP contribution >= 0.6 is 15.9 Å². The number of esters is 1. The summed E-state index contributed by atoms with van der Waals surface area (Å²) >= 11 is 3.51. The van der Waals surface area contributed by atoms with E-state index in [0.717, 1.165) is 23.7 Å². The minimum Gasteiger partial charge on any atom is -0.469 e. The van der Waals surface area contributed by atoms with Crippen LogP contribution < -0.4 is 0 Å². The topological polar surface area (TPSA) is 26.3 Å². The highest BCUT2D eigenvalue weighted by molar-refractivity contribution is 9.10. The van der Waals surface area contributed by atoms with Gasteiger partial charge in [0.15, 0.2) is 0 Å². The van der Waals surface area contributed by atoms with Crippen LogP contribution in [0.1, 0.15) is 44.1 Å². The smallest absolute Gasteiger partial charge is 0.308 e. The van der Waals surface area contributed by atoms with Crippen molar-refractivity contribution < 1.29 is 9.53 Å². The lowest BCUT2D eigenvalue weighted by Crippen LogP contribution is -2.43. The lowest BCUT2D eigenvalue weighted by Gasteiger charge is -2.48. The molecule has 1 aromatic rings. The fourth-order valence-electron chi connectivity index (χ4n) is 4.32. The zero-order valence-corrected chi connectivity index (χ0v) is 13.5. The van der Waals surface area contributed by atoms with E-state index in [1.54, 1.807) is 0 Å². The van der Waals surface area contributed by atoms with Gasteiger partial charge in [-0.05, 0) is 61.1 Å². The van der Waals surface area contributed by atoms with E-state index in [1.165, 1.54) is 31.9 Å². The van der Waals surface area contributed by atoms with Gasteiger partial charge in [-0.2, -0.15) is 0 Å². The predicted octanol–water partition coefficient (Wildman–Crippen LogP) is 4.46. The molecule has 0 radical (unpaired) electrons. The maximum absolute atomic E-state index is 11.9. The third-order valence-corrected chi connectivity index (χ3v) is 5.88. The normalized spacial score (nSPS) is 32.7. The molecular weight excluding hydrogens is 316 g/mol. The predicted molar refractivity (Wildman–Crippen MR) is 82.5 cm³/mol. The number of rotatable bonds is 2. The number of benzene rings is 1. The number of carbonyl (C=O) groups excluding carboxylic acids is 1. The van der Waals surface area contributed by atoms with Crippen molar-refractivity contribution >= 4 is 21.9 Å². The van der Waals surface area contributed by atoms with E-state index in [-0.39, 0.29) is 11.9 Å². The molecule has 2 aliphatic rings. The summed E-state index contributed by atoms with van der Waals surface area (Å²) in [4.78, 5) is 11.9. The summed E-state index contributed by atoms with van der Waals surface area (Å²) in [5, 5.41) is 0. The standard InChI is InChI=1S/C17H21BrO2/c1-20-16(19)15-8-10-17(9-2-3-12(15)11-17)13-4-6-14(18)7-5-13/h4-7,12,15H,2-3,8-11H2,1H3. The Morgan fingerprint density at radius 2 is 2.00 bits per heavy atom. The first-order valence-corrected chi connectivity index (χ1v) is 8.28. The first-order valence-electron chi connectivity index (χ1n) is 7.48. The average Bonchev–Trinajstić information content (AvgIpc) is 2.47. The summed E-state index contributed by atoms with van der Waals surface area (Å²) in [6, 6.07) is 8.79. The minimum absolute atomic E-state index is 0.00121. The van der Waals surface area contributed by atoms with Crippen LogP contribution in [-0.2, 0) is 14.9 Å². The Balaban J connectivity index is 1.85. The molecule has 0 N–H and O–H groups in total. The summed E-state index contributed by atoms with van der Waals surface area (Å²) in [6.45, 7) is 0. The molecule has 2 saturated carbocycles. The Bertz CT molecular complexity index is 496. The maximum atomic E-state index is 11.9. The monoisotopic (exact) mass is 336 g/mol. The second kappa shape index (κ2) is 5.51. The van der Waals surface area contributed by atoms with E-state index >= 15 is 0 Å². The largest absolute Gasteiger partial charge is 0.469 e. The summed E-state index contributed by atoms with van der Waals surface area (Å²) in [6.07, 6.45) is 6.91. The van der Waals surface area contributed by atoms with E-state index in [4.69, 9.17) is 4.74 Å². The van der Waals surface area contributed by atoms with Gasteiger partial charge in [0.1, 0.15) is 0 Å². The van der Waals surface area contributed by atoms with E-state index in [9.17, 15) is 4.79 Å². The molecule has 0 amide bonds. The van der Waals surface area contributed by atoms with Crippen LogP contribution in [0.25, 0.3) is 0 Å². The van der Waals surface area contributed by atoms with Crippen molar-refractivity contribution in [3.63, 3.8) is 0 Å². The molecule has 1 aromatic carbocycles. The molecule has 2 fully saturated rings. The SMILES string of the molecule is COC(=O)C1CCC2(c3ccc(Br)cc3)CCCC1C2. The number of ether oxygens (including phenoxy) is 1. The Morgan fingerprint density at radius 1 is 1.25 bits per heavy atom. The zero-order chi connectivity index (χ0) is 14.2. The highest BCUT2D eigenvalue weighted by atomic mass is 79.9. The Kier molecular flexibility index (Phi) is 3.89. The Labute approximate surface area is 129 Å². The molecule has 0 saturated heterocycles. The van der Waals surface area contributed by atoms with Crippen molar-refractivity contribution in [2.24, 2.45) is 11.8 Å². The lowest BCUT2D eigenvalue weighted by atomic mass is 9.56. The maximum Gasteiger partial charge on any atom is 0.308 e. The van der Waals surface area contributed by atoms with Crippen LogP contribution in [0.4, 0.5) is 0 Å². The molecule has 108 valence electrons. The van der Waals surface area contributed by atoms with Gasteiger partial charge < -0.3 is 4.74 Å². The van der Waals surface area contributed by atoms with E-state index in [1.807, 2.05) is 0 Å². The van der Waals surface area contributed by atoms with Gasteiger partial charge in [-0.25, -0.2) is 0 Å². The van der Waals surface area contributed by atoms with Gasteiger partial charge in [-0.1, -0.05) is 34.5 Å². The van der Waals surface area contributed by atoms with E-state index in [2.05, 4.69) is 40.2 Å². The summed E-state index contributed by atoms with van der Waals surface area (Å²) in [5.41, 5.74) is 1.75. The molecule has 3 rings (SSSR count). The number of halogens is 1. The fraction of sp³-hybridized carbons (Fsp3) is 0.588. The van der Waals surface area contributed by atoms with Crippen LogP contribution in [0.3, 0.4) is 0 Å². The quantitative estimate of drug-likeness (QED) is 0.745. The number of fused-ring (bicyclic) bond motifs is 2. The second-order valence-corrected chi connectivity index (χ2v) is 7.23. The minimum atomic E-state index is 0.00121. The highest BCUT2D eigenvalue weighted by Crippen LogP contribution is 2.52. The van der Waals surface area contributed by atoms with Gasteiger partial charge in [-0.3, -0.25) is 4.79 Å². The molecule has 3 atom stereocenters. The first kappa shape index (κ1) is 14.1. The molecular formula is C17H21BrO2. The van der Waals surface area contributed by atoms with Crippen molar-refractivity contribution in [3.05, 3.63) is 34.3 Å². The molecule has 3 heteroatoms. The second-order valence-electron chi connectivity index (χ2n) is 6.31. The van der Waals surface area contributed by atoms with Crippen LogP contribution in [0.5, 0.6) is 0 Å². The highest BCUT2D eigenvalue weighted by Gasteiger charge is 2.46. The van der Waals surface area contributed by atoms with Crippen molar-refractivity contribution in [2.45, 2.75) is 43.9 Å². The Hall–Kier alpha value is -0.830. The molecule has 20 heavy (non-hydrogen) atoms. The van der Waals surface area contributed by atoms with Crippen molar-refractivity contribution in [1.29, 1.82) is 0 Å². The fourth-order valence-corrected chi connectivity index (χ4v) is 4.58. The lowest BCUT2D eigenvalue weighted by molar-refractivity contribution is -0.150. The van der Waals surface area contributed by atoms with Gasteiger partial charge in [0, 0.05) is 4.47 Å². The van der Waals surface area contributed by atoms with Gasteiger partial charge in [0.05, 0.1) is 13.0 Å². The third-order valence-electron chi connectivity index (χ3n) is 5.35. The number of methoxy groups -OCH3 is 1. The molecule has 0 spiro atoms. The van der Waals surface area contributed by atoms with Crippen LogP contribution in [0, 0.1) is 11.8 Å². The van der Waals surface area contributed by atoms with Crippen molar-refractivity contribution in [3.8, 4) is 0 Å². The molecule has 2 nitrogen and oxygen atoms in total. The Morgan fingerprint density at radius 3 is 2.70 bits per heavy atom. The number of hydrogen-bond acceptors (Lipinski definition) is 2. The zero-order valence-electron chi connectivity index (χ0n) is 11.9. The average molecular weight is 337 g/mol. The van der Waals surface area contributed by atoms with Crippen molar-refractivity contribution in [2.75, 3.05) is 7.11 Å². The molecule has 2 bridgehead atoms. The van der Waals surface area contributed by atoms with Gasteiger partial charge in [0.2, 0.25) is 0 Å². The molecule has 2 aliphatic carbocycles. The third kappa shape index (κ3) is 2.41. The summed E-state index contributed by atoms with van der Waals surface area (Å²) in [7, 11) is 1.52. The van der Waals surface area contributed by atoms with Crippen LogP contribution in [0.2, 0.25) is 0 Å². The molecule has 0 heterocycles. The van der Waals surface area contributed by atoms with Crippen LogP contribution in [0.15, 0.2) is 28.7 Å². The summed E-state index contributed by atoms with van der Waals surface area (Å²) in [5.74, 6) is 0.638. The van der Waals surface area contributed by atoms with Gasteiger partial charge >= 0.3 is 5.97 Å². The summed E-state index contributed by atoms with van der Waals surface area (Å²) < 4.78 is 6.12. The van der Waals surface area contributed by atoms with Gasteiger partial charge in [0.25, 0.3) is 0 Å². The number of carbonyl (C=O) groups is 1. The van der Waals surface area contributed by atoms with E-state index in [0.29, 0.717) is 11.3 Å².